The van der Waals surface area contributed by atoms with Gasteiger partial charge in [0.25, 0.3) is 0 Å². The van der Waals surface area contributed by atoms with Crippen molar-refractivity contribution in [1.82, 2.24) is 9.62 Å². The number of hydrogen-bond donors (Lipinski definition) is 2. The molecule has 1 saturated carbocycles. The third kappa shape index (κ3) is 5.90. The predicted molar refractivity (Wildman–Crippen MR) is 109 cm³/mol. The van der Waals surface area contributed by atoms with E-state index in [1.165, 1.54) is 43.7 Å². The summed E-state index contributed by atoms with van der Waals surface area (Å²) in [5, 5.41) is 5.58. The average Bonchev–Trinajstić information content (AvgIpc) is 2.63. The molecule has 2 amide bonds. The topological polar surface area (TPSA) is 95.6 Å². The first-order chi connectivity index (χ1) is 13.2. The van der Waals surface area contributed by atoms with Crippen molar-refractivity contribution in [1.29, 1.82) is 0 Å². The number of carbonyl (C=O) groups excluding carboxylic acids is 2. The number of carbonyl (C=O) groups is 2. The standard InChI is InChI=1S/C20H29N3O4S/c1-4-13-23(14-20(25)22-19-8-6-5-7-15(19)2)28(26,27)18-11-9-17(10-12-18)21-16(3)24/h4,9-12,15,19H,1,5-8,13-14H2,2-3H3,(H,21,24)(H,22,25)/t15-,19-/m1/s1. The summed E-state index contributed by atoms with van der Waals surface area (Å²) >= 11 is 0. The van der Waals surface area contributed by atoms with Crippen LogP contribution in [0.15, 0.2) is 41.8 Å². The van der Waals surface area contributed by atoms with Crippen molar-refractivity contribution < 1.29 is 18.0 Å². The fraction of sp³-hybridized carbons (Fsp3) is 0.500. The second-order valence-corrected chi connectivity index (χ2v) is 9.17. The molecule has 1 fully saturated rings. The minimum atomic E-state index is -3.87. The highest BCUT2D eigenvalue weighted by Gasteiger charge is 2.28. The highest BCUT2D eigenvalue weighted by Crippen LogP contribution is 2.24. The summed E-state index contributed by atoms with van der Waals surface area (Å²) in [4.78, 5) is 23.7. The van der Waals surface area contributed by atoms with Gasteiger partial charge in [0.2, 0.25) is 21.8 Å². The SMILES string of the molecule is C=CCN(CC(=O)N[C@@H]1CCCC[C@H]1C)S(=O)(=O)c1ccc(NC(C)=O)cc1. The molecule has 0 aromatic heterocycles. The molecule has 1 aromatic carbocycles. The van der Waals surface area contributed by atoms with E-state index in [0.717, 1.165) is 23.6 Å². The molecular formula is C20H29N3O4S. The second-order valence-electron chi connectivity index (χ2n) is 7.23. The smallest absolute Gasteiger partial charge is 0.243 e. The third-order valence-corrected chi connectivity index (χ3v) is 6.75. The summed E-state index contributed by atoms with van der Waals surface area (Å²) in [7, 11) is -3.87. The summed E-state index contributed by atoms with van der Waals surface area (Å²) in [6, 6.07) is 5.95. The highest BCUT2D eigenvalue weighted by atomic mass is 32.2. The lowest BCUT2D eigenvalue weighted by Crippen LogP contribution is -2.47. The molecule has 0 bridgehead atoms. The maximum Gasteiger partial charge on any atom is 0.243 e. The summed E-state index contributed by atoms with van der Waals surface area (Å²) in [6.07, 6.45) is 5.69. The zero-order valence-electron chi connectivity index (χ0n) is 16.5. The van der Waals surface area contributed by atoms with E-state index in [4.69, 9.17) is 0 Å². The number of sulfonamides is 1. The normalized spacial score (nSPS) is 19.8. The summed E-state index contributed by atoms with van der Waals surface area (Å²) in [5.74, 6) is -0.153. The van der Waals surface area contributed by atoms with Crippen LogP contribution in [0.5, 0.6) is 0 Å². The number of anilines is 1. The zero-order chi connectivity index (χ0) is 20.7. The van der Waals surface area contributed by atoms with Crippen molar-refractivity contribution in [3.63, 3.8) is 0 Å². The van der Waals surface area contributed by atoms with Gasteiger partial charge in [-0.2, -0.15) is 4.31 Å². The van der Waals surface area contributed by atoms with Crippen LogP contribution in [0.25, 0.3) is 0 Å². The summed E-state index contributed by atoms with van der Waals surface area (Å²) in [6.45, 7) is 6.86. The van der Waals surface area contributed by atoms with Crippen molar-refractivity contribution >= 4 is 27.5 Å². The van der Waals surface area contributed by atoms with Gasteiger partial charge in [-0.1, -0.05) is 25.8 Å². The molecule has 1 aliphatic carbocycles. The number of benzene rings is 1. The average molecular weight is 408 g/mol. The van der Waals surface area contributed by atoms with Crippen LogP contribution in [0.4, 0.5) is 5.69 Å². The first kappa shape index (κ1) is 22.1. The molecule has 2 N–H and O–H groups in total. The van der Waals surface area contributed by atoms with E-state index in [1.807, 2.05) is 0 Å². The molecule has 1 aromatic rings. The van der Waals surface area contributed by atoms with Crippen LogP contribution in [-0.4, -0.2) is 43.7 Å². The largest absolute Gasteiger partial charge is 0.352 e. The maximum absolute atomic E-state index is 13.0. The van der Waals surface area contributed by atoms with Gasteiger partial charge < -0.3 is 10.6 Å². The maximum atomic E-state index is 13.0. The molecule has 7 nitrogen and oxygen atoms in total. The fourth-order valence-electron chi connectivity index (χ4n) is 3.40. The van der Waals surface area contributed by atoms with Gasteiger partial charge in [0.15, 0.2) is 0 Å². The van der Waals surface area contributed by atoms with E-state index in [2.05, 4.69) is 24.1 Å². The van der Waals surface area contributed by atoms with Gasteiger partial charge in [-0.3, -0.25) is 9.59 Å². The zero-order valence-corrected chi connectivity index (χ0v) is 17.3. The highest BCUT2D eigenvalue weighted by molar-refractivity contribution is 7.89. The molecule has 0 heterocycles. The van der Waals surface area contributed by atoms with Crippen LogP contribution < -0.4 is 10.6 Å². The summed E-state index contributed by atoms with van der Waals surface area (Å²) < 4.78 is 27.0. The number of rotatable bonds is 8. The van der Waals surface area contributed by atoms with Crippen LogP contribution in [0.3, 0.4) is 0 Å². The molecule has 1 aliphatic rings. The number of hydrogen-bond acceptors (Lipinski definition) is 4. The Morgan fingerprint density at radius 2 is 1.86 bits per heavy atom. The lowest BCUT2D eigenvalue weighted by molar-refractivity contribution is -0.122. The molecule has 154 valence electrons. The molecule has 0 saturated heterocycles. The predicted octanol–water partition coefficient (Wildman–Crippen LogP) is 2.52. The van der Waals surface area contributed by atoms with Crippen LogP contribution >= 0.6 is 0 Å². The number of nitrogens with zero attached hydrogens (tertiary/aromatic N) is 1. The Bertz CT molecular complexity index is 805. The van der Waals surface area contributed by atoms with Gasteiger partial charge in [-0.25, -0.2) is 8.42 Å². The van der Waals surface area contributed by atoms with Crippen molar-refractivity contribution in [2.24, 2.45) is 5.92 Å². The molecule has 0 aliphatic heterocycles. The second kappa shape index (κ2) is 9.84. The van der Waals surface area contributed by atoms with Gasteiger partial charge >= 0.3 is 0 Å². The van der Waals surface area contributed by atoms with E-state index < -0.39 is 10.0 Å². The molecule has 8 heteroatoms. The van der Waals surface area contributed by atoms with Crippen LogP contribution in [0.1, 0.15) is 39.5 Å². The first-order valence-electron chi connectivity index (χ1n) is 9.52. The first-order valence-corrected chi connectivity index (χ1v) is 11.0. The molecule has 2 rings (SSSR count). The van der Waals surface area contributed by atoms with E-state index in [-0.39, 0.29) is 35.8 Å². The van der Waals surface area contributed by atoms with Crippen molar-refractivity contribution in [3.05, 3.63) is 36.9 Å². The molecule has 2 atom stereocenters. The van der Waals surface area contributed by atoms with Gasteiger partial charge in [0.05, 0.1) is 11.4 Å². The third-order valence-electron chi connectivity index (χ3n) is 4.92. The Balaban J connectivity index is 2.10. The molecule has 0 radical (unpaired) electrons. The van der Waals surface area contributed by atoms with Crippen molar-refractivity contribution in [2.45, 2.75) is 50.5 Å². The lowest BCUT2D eigenvalue weighted by Gasteiger charge is -2.30. The molecule has 0 unspecified atom stereocenters. The van der Waals surface area contributed by atoms with E-state index in [9.17, 15) is 18.0 Å². The van der Waals surface area contributed by atoms with Crippen molar-refractivity contribution in [2.75, 3.05) is 18.4 Å². The number of amides is 2. The lowest BCUT2D eigenvalue weighted by atomic mass is 9.86. The van der Waals surface area contributed by atoms with Crippen molar-refractivity contribution in [3.8, 4) is 0 Å². The van der Waals surface area contributed by atoms with Gasteiger partial charge in [0.1, 0.15) is 0 Å². The number of nitrogens with one attached hydrogen (secondary N) is 2. The Labute approximate surface area is 167 Å². The quantitative estimate of drug-likeness (QED) is 0.647. The van der Waals surface area contributed by atoms with Gasteiger partial charge in [-0.15, -0.1) is 6.58 Å². The van der Waals surface area contributed by atoms with Crippen LogP contribution in [0.2, 0.25) is 0 Å². The molecular weight excluding hydrogens is 378 g/mol. The van der Waals surface area contributed by atoms with Gasteiger partial charge in [-0.05, 0) is 43.0 Å². The monoisotopic (exact) mass is 407 g/mol. The van der Waals surface area contributed by atoms with E-state index in [1.54, 1.807) is 0 Å². The Morgan fingerprint density at radius 1 is 1.21 bits per heavy atom. The van der Waals surface area contributed by atoms with Gasteiger partial charge in [0, 0.05) is 25.2 Å². The van der Waals surface area contributed by atoms with E-state index >= 15 is 0 Å². The summed E-state index contributed by atoms with van der Waals surface area (Å²) in [5.41, 5.74) is 0.505. The minimum Gasteiger partial charge on any atom is -0.352 e. The Hall–Kier alpha value is -2.19. The Morgan fingerprint density at radius 3 is 2.43 bits per heavy atom. The van der Waals surface area contributed by atoms with E-state index in [0.29, 0.717) is 11.6 Å². The molecule has 0 spiro atoms. The Kier molecular flexibility index (Phi) is 7.77. The van der Waals surface area contributed by atoms with Crippen LogP contribution in [-0.2, 0) is 19.6 Å². The fourth-order valence-corrected chi connectivity index (χ4v) is 4.76. The minimum absolute atomic E-state index is 0.0312. The molecule has 28 heavy (non-hydrogen) atoms. The van der Waals surface area contributed by atoms with Crippen LogP contribution in [0, 0.1) is 5.92 Å².